The van der Waals surface area contributed by atoms with E-state index in [1.807, 2.05) is 0 Å². The maximum atomic E-state index is 11.8. The Morgan fingerprint density at radius 2 is 2.07 bits per heavy atom. The second-order valence-electron chi connectivity index (χ2n) is 2.71. The first kappa shape index (κ1) is 14.7. The van der Waals surface area contributed by atoms with Crippen molar-refractivity contribution in [2.24, 2.45) is 0 Å². The van der Waals surface area contributed by atoms with Gasteiger partial charge in [-0.15, -0.1) is 0 Å². The lowest BCUT2D eigenvalue weighted by Gasteiger charge is -2.15. The Balaban J connectivity index is 3.76. The molecule has 0 bridgehead atoms. The van der Waals surface area contributed by atoms with E-state index in [1.54, 1.807) is 0 Å². The molecule has 2 N–H and O–H groups in total. The standard InChI is InChI=1S/C7H11BrF3NO3/c1-15-6(14)4(8)2-12-3-5(13)7(9,10)11/h4-5,12-13H,2-3H2,1H3. The number of methoxy groups -OCH3 is 1. The molecular weight excluding hydrogens is 283 g/mol. The largest absolute Gasteiger partial charge is 0.468 e. The molecule has 0 aromatic heterocycles. The van der Waals surface area contributed by atoms with Crippen molar-refractivity contribution in [1.29, 1.82) is 0 Å². The van der Waals surface area contributed by atoms with Crippen LogP contribution in [0.25, 0.3) is 0 Å². The minimum Gasteiger partial charge on any atom is -0.468 e. The molecule has 0 amide bonds. The van der Waals surface area contributed by atoms with Crippen LogP contribution in [0.15, 0.2) is 0 Å². The molecule has 0 saturated heterocycles. The fourth-order valence-electron chi connectivity index (χ4n) is 0.674. The number of esters is 1. The summed E-state index contributed by atoms with van der Waals surface area (Å²) in [6.45, 7) is -0.720. The average molecular weight is 294 g/mol. The molecule has 0 saturated carbocycles. The predicted molar refractivity (Wildman–Crippen MR) is 49.7 cm³/mol. The van der Waals surface area contributed by atoms with Gasteiger partial charge in [0.25, 0.3) is 0 Å². The van der Waals surface area contributed by atoms with E-state index in [4.69, 9.17) is 5.11 Å². The van der Waals surface area contributed by atoms with Crippen molar-refractivity contribution >= 4 is 21.9 Å². The van der Waals surface area contributed by atoms with E-state index in [0.29, 0.717) is 0 Å². The number of rotatable bonds is 5. The van der Waals surface area contributed by atoms with Crippen molar-refractivity contribution in [2.45, 2.75) is 17.1 Å². The van der Waals surface area contributed by atoms with Gasteiger partial charge in [0.15, 0.2) is 6.10 Å². The van der Waals surface area contributed by atoms with Gasteiger partial charge in [-0.2, -0.15) is 13.2 Å². The van der Waals surface area contributed by atoms with Crippen molar-refractivity contribution in [2.75, 3.05) is 20.2 Å². The summed E-state index contributed by atoms with van der Waals surface area (Å²) in [5.74, 6) is -0.594. The lowest BCUT2D eigenvalue weighted by molar-refractivity contribution is -0.201. The lowest BCUT2D eigenvalue weighted by Crippen LogP contribution is -2.41. The number of aliphatic hydroxyl groups is 1. The quantitative estimate of drug-likeness (QED) is 0.570. The minimum atomic E-state index is -4.65. The topological polar surface area (TPSA) is 58.6 Å². The summed E-state index contributed by atoms with van der Waals surface area (Å²) in [6, 6.07) is 0. The Morgan fingerprint density at radius 1 is 1.53 bits per heavy atom. The molecule has 0 fully saturated rings. The Morgan fingerprint density at radius 3 is 2.47 bits per heavy atom. The smallest absolute Gasteiger partial charge is 0.415 e. The highest BCUT2D eigenvalue weighted by atomic mass is 79.9. The van der Waals surface area contributed by atoms with Gasteiger partial charge >= 0.3 is 12.1 Å². The molecule has 0 radical (unpaired) electrons. The number of hydrogen-bond donors (Lipinski definition) is 2. The van der Waals surface area contributed by atoms with E-state index in [9.17, 15) is 18.0 Å². The van der Waals surface area contributed by atoms with Gasteiger partial charge in [-0.05, 0) is 0 Å². The number of hydrogen-bond acceptors (Lipinski definition) is 4. The lowest BCUT2D eigenvalue weighted by atomic mass is 10.3. The van der Waals surface area contributed by atoms with Gasteiger partial charge in [-0.3, -0.25) is 4.79 Å². The van der Waals surface area contributed by atoms with Crippen molar-refractivity contribution in [3.63, 3.8) is 0 Å². The molecule has 15 heavy (non-hydrogen) atoms. The van der Waals surface area contributed by atoms with Crippen LogP contribution < -0.4 is 5.32 Å². The number of nitrogens with one attached hydrogen (secondary N) is 1. The highest BCUT2D eigenvalue weighted by Gasteiger charge is 2.37. The Labute approximate surface area is 92.9 Å². The number of carbonyl (C=O) groups excluding carboxylic acids is 1. The fourth-order valence-corrected chi connectivity index (χ4v) is 1.09. The summed E-state index contributed by atoms with van der Waals surface area (Å²) in [5.41, 5.74) is 0. The third-order valence-corrected chi connectivity index (χ3v) is 2.19. The van der Waals surface area contributed by atoms with Crippen LogP contribution in [0.1, 0.15) is 0 Å². The summed E-state index contributed by atoms with van der Waals surface area (Å²) in [5, 5.41) is 10.9. The molecule has 0 spiro atoms. The van der Waals surface area contributed by atoms with Crippen LogP contribution in [0.4, 0.5) is 13.2 Å². The summed E-state index contributed by atoms with van der Waals surface area (Å²) in [6.07, 6.45) is -7.09. The molecule has 2 atom stereocenters. The molecular formula is C7H11BrF3NO3. The molecule has 0 aromatic carbocycles. The Hall–Kier alpha value is -0.340. The average Bonchev–Trinajstić information content (AvgIpc) is 2.14. The van der Waals surface area contributed by atoms with Crippen molar-refractivity contribution in [1.82, 2.24) is 5.32 Å². The maximum absolute atomic E-state index is 11.8. The molecule has 0 rings (SSSR count). The SMILES string of the molecule is COC(=O)C(Br)CNCC(O)C(F)(F)F. The molecule has 0 aliphatic carbocycles. The molecule has 90 valence electrons. The number of alkyl halides is 4. The fraction of sp³-hybridized carbons (Fsp3) is 0.857. The first-order valence-electron chi connectivity index (χ1n) is 3.96. The molecule has 0 aromatic rings. The summed E-state index contributed by atoms with van der Waals surface area (Å²) in [7, 11) is 1.17. The van der Waals surface area contributed by atoms with Crippen LogP contribution >= 0.6 is 15.9 Å². The van der Waals surface area contributed by atoms with Crippen LogP contribution in [0.5, 0.6) is 0 Å². The van der Waals surface area contributed by atoms with Crippen LogP contribution in [0, 0.1) is 0 Å². The van der Waals surface area contributed by atoms with Crippen molar-refractivity contribution in [3.8, 4) is 0 Å². The molecule has 0 aliphatic heterocycles. The van der Waals surface area contributed by atoms with Crippen molar-refractivity contribution in [3.05, 3.63) is 0 Å². The van der Waals surface area contributed by atoms with Gasteiger partial charge < -0.3 is 15.2 Å². The third kappa shape index (κ3) is 5.95. The molecule has 8 heteroatoms. The van der Waals surface area contributed by atoms with Crippen molar-refractivity contribution < 1.29 is 27.8 Å². The minimum absolute atomic E-state index is 0.0557. The third-order valence-electron chi connectivity index (χ3n) is 1.50. The zero-order valence-corrected chi connectivity index (χ0v) is 9.43. The van der Waals surface area contributed by atoms with Gasteiger partial charge in [0.05, 0.1) is 7.11 Å². The monoisotopic (exact) mass is 293 g/mol. The van der Waals surface area contributed by atoms with Gasteiger partial charge in [0.2, 0.25) is 0 Å². The second kappa shape index (κ2) is 6.29. The first-order chi connectivity index (χ1) is 6.79. The van der Waals surface area contributed by atoms with E-state index in [2.05, 4.69) is 26.0 Å². The number of halogens is 4. The summed E-state index contributed by atoms with van der Waals surface area (Å²) < 4.78 is 39.7. The highest BCUT2D eigenvalue weighted by molar-refractivity contribution is 9.10. The first-order valence-corrected chi connectivity index (χ1v) is 4.88. The van der Waals surface area contributed by atoms with Crippen LogP contribution in [0.2, 0.25) is 0 Å². The van der Waals surface area contributed by atoms with E-state index in [-0.39, 0.29) is 6.54 Å². The maximum Gasteiger partial charge on any atom is 0.415 e. The molecule has 0 heterocycles. The van der Waals surface area contributed by atoms with E-state index >= 15 is 0 Å². The van der Waals surface area contributed by atoms with Gasteiger partial charge in [-0.1, -0.05) is 15.9 Å². The van der Waals surface area contributed by atoms with E-state index < -0.39 is 29.6 Å². The van der Waals surface area contributed by atoms with Gasteiger partial charge in [-0.25, -0.2) is 0 Å². The summed E-state index contributed by atoms with van der Waals surface area (Å²) >= 11 is 2.90. The predicted octanol–water partition coefficient (Wildman–Crippen LogP) is 0.436. The Bertz CT molecular complexity index is 212. The summed E-state index contributed by atoms with van der Waals surface area (Å²) in [4.78, 5) is 10.1. The number of carbonyl (C=O) groups is 1. The van der Waals surface area contributed by atoms with Gasteiger partial charge in [0, 0.05) is 13.1 Å². The number of ether oxygens (including phenoxy) is 1. The van der Waals surface area contributed by atoms with Gasteiger partial charge in [0.1, 0.15) is 4.83 Å². The zero-order valence-electron chi connectivity index (χ0n) is 7.84. The second-order valence-corrected chi connectivity index (χ2v) is 3.81. The van der Waals surface area contributed by atoms with Crippen LogP contribution in [-0.2, 0) is 9.53 Å². The number of aliphatic hydroxyl groups excluding tert-OH is 1. The highest BCUT2D eigenvalue weighted by Crippen LogP contribution is 2.19. The van der Waals surface area contributed by atoms with Crippen LogP contribution in [0.3, 0.4) is 0 Å². The Kier molecular flexibility index (Phi) is 6.15. The van der Waals surface area contributed by atoms with E-state index in [1.165, 1.54) is 7.11 Å². The molecule has 2 unspecified atom stereocenters. The van der Waals surface area contributed by atoms with E-state index in [0.717, 1.165) is 0 Å². The molecule has 0 aliphatic rings. The molecule has 4 nitrogen and oxygen atoms in total. The zero-order chi connectivity index (χ0) is 12.1. The van der Waals surface area contributed by atoms with Crippen LogP contribution in [-0.4, -0.2) is 48.4 Å². The normalized spacial score (nSPS) is 15.9.